The Morgan fingerprint density at radius 1 is 1.44 bits per heavy atom. The summed E-state index contributed by atoms with van der Waals surface area (Å²) in [5.74, 6) is 3.24. The van der Waals surface area contributed by atoms with Crippen LogP contribution in [-0.4, -0.2) is 45.3 Å². The molecule has 0 atom stereocenters. The molecule has 1 fully saturated rings. The van der Waals surface area contributed by atoms with Crippen LogP contribution in [0.3, 0.4) is 0 Å². The number of nitrogens with one attached hydrogen (secondary N) is 1. The summed E-state index contributed by atoms with van der Waals surface area (Å²) in [6, 6.07) is 1.94. The first-order valence-corrected chi connectivity index (χ1v) is 6.94. The van der Waals surface area contributed by atoms with Gasteiger partial charge in [-0.2, -0.15) is 0 Å². The maximum absolute atomic E-state index is 11.2. The summed E-state index contributed by atoms with van der Waals surface area (Å²) < 4.78 is 11.2. The zero-order valence-electron chi connectivity index (χ0n) is 9.35. The predicted molar refractivity (Wildman–Crippen MR) is 66.3 cm³/mol. The fourth-order valence-corrected chi connectivity index (χ4v) is 2.72. The Morgan fingerprint density at radius 2 is 2.19 bits per heavy atom. The maximum Gasteiger partial charge on any atom is 0.134 e. The van der Waals surface area contributed by atoms with Gasteiger partial charge < -0.3 is 10.2 Å². The molecule has 5 nitrogen and oxygen atoms in total. The van der Waals surface area contributed by atoms with Crippen molar-refractivity contribution in [2.24, 2.45) is 0 Å². The third-order valence-electron chi connectivity index (χ3n) is 2.51. The molecule has 0 bridgehead atoms. The molecule has 88 valence electrons. The third-order valence-corrected chi connectivity index (χ3v) is 3.79. The van der Waals surface area contributed by atoms with Crippen LogP contribution in [-0.2, 0) is 10.8 Å². The van der Waals surface area contributed by atoms with Crippen LogP contribution in [0.5, 0.6) is 0 Å². The average Bonchev–Trinajstić information content (AvgIpc) is 2.31. The molecular weight excluding hydrogens is 224 g/mol. The molecule has 0 saturated carbocycles. The standard InChI is InChI=1S/C10H16N4OS/c1-2-11-9-7-10(13-8-12-9)14-3-5-16(15)6-4-14/h7-8H,2-6H2,1H3,(H,11,12,13). The first kappa shape index (κ1) is 11.3. The van der Waals surface area contributed by atoms with Crippen LogP contribution in [0.25, 0.3) is 0 Å². The summed E-state index contributed by atoms with van der Waals surface area (Å²) >= 11 is 0. The molecular formula is C10H16N4OS. The lowest BCUT2D eigenvalue weighted by Crippen LogP contribution is -2.38. The molecule has 1 aliphatic heterocycles. The minimum Gasteiger partial charge on any atom is -0.370 e. The Kier molecular flexibility index (Phi) is 3.71. The van der Waals surface area contributed by atoms with Crippen LogP contribution in [0.4, 0.5) is 11.6 Å². The Morgan fingerprint density at radius 3 is 2.88 bits per heavy atom. The second-order valence-corrected chi connectivity index (χ2v) is 5.32. The molecule has 0 spiro atoms. The van der Waals surface area contributed by atoms with E-state index in [1.807, 2.05) is 13.0 Å². The van der Waals surface area contributed by atoms with E-state index in [9.17, 15) is 4.21 Å². The van der Waals surface area contributed by atoms with Gasteiger partial charge in [0.05, 0.1) is 0 Å². The van der Waals surface area contributed by atoms with Crippen molar-refractivity contribution in [3.8, 4) is 0 Å². The number of hydrogen-bond donors (Lipinski definition) is 1. The van der Waals surface area contributed by atoms with Gasteiger partial charge in [0.1, 0.15) is 18.0 Å². The summed E-state index contributed by atoms with van der Waals surface area (Å²) in [4.78, 5) is 10.5. The molecule has 1 saturated heterocycles. The van der Waals surface area contributed by atoms with E-state index in [2.05, 4.69) is 20.2 Å². The van der Waals surface area contributed by atoms with E-state index in [4.69, 9.17) is 0 Å². The van der Waals surface area contributed by atoms with Crippen molar-refractivity contribution >= 4 is 22.4 Å². The van der Waals surface area contributed by atoms with E-state index < -0.39 is 10.8 Å². The highest BCUT2D eigenvalue weighted by atomic mass is 32.2. The average molecular weight is 240 g/mol. The topological polar surface area (TPSA) is 58.1 Å². The number of rotatable bonds is 3. The Balaban J connectivity index is 2.08. The molecule has 2 rings (SSSR count). The van der Waals surface area contributed by atoms with E-state index in [1.54, 1.807) is 6.33 Å². The van der Waals surface area contributed by atoms with Crippen LogP contribution in [0.2, 0.25) is 0 Å². The molecule has 1 aromatic rings. The zero-order chi connectivity index (χ0) is 11.4. The largest absolute Gasteiger partial charge is 0.370 e. The summed E-state index contributed by atoms with van der Waals surface area (Å²) in [6.45, 7) is 4.51. The Labute approximate surface area is 97.7 Å². The Hall–Kier alpha value is -1.17. The van der Waals surface area contributed by atoms with E-state index in [0.717, 1.165) is 42.8 Å². The number of nitrogens with zero attached hydrogens (tertiary/aromatic N) is 3. The van der Waals surface area contributed by atoms with Crippen LogP contribution in [0, 0.1) is 0 Å². The fourth-order valence-electron chi connectivity index (χ4n) is 1.66. The van der Waals surface area contributed by atoms with Crippen molar-refractivity contribution in [3.63, 3.8) is 0 Å². The van der Waals surface area contributed by atoms with Crippen molar-refractivity contribution < 1.29 is 4.21 Å². The summed E-state index contributed by atoms with van der Waals surface area (Å²) in [7, 11) is -0.644. The third kappa shape index (κ3) is 2.69. The van der Waals surface area contributed by atoms with Crippen molar-refractivity contribution in [3.05, 3.63) is 12.4 Å². The molecule has 0 amide bonds. The minimum atomic E-state index is -0.644. The molecule has 1 N–H and O–H groups in total. The second-order valence-electron chi connectivity index (χ2n) is 3.63. The molecule has 1 aliphatic rings. The first-order chi connectivity index (χ1) is 7.79. The minimum absolute atomic E-state index is 0.644. The van der Waals surface area contributed by atoms with Gasteiger partial charge >= 0.3 is 0 Å². The van der Waals surface area contributed by atoms with Gasteiger partial charge in [0.2, 0.25) is 0 Å². The molecule has 0 unspecified atom stereocenters. The van der Waals surface area contributed by atoms with Gasteiger partial charge in [0, 0.05) is 48.0 Å². The lowest BCUT2D eigenvalue weighted by Gasteiger charge is -2.27. The highest BCUT2D eigenvalue weighted by Gasteiger charge is 2.16. The van der Waals surface area contributed by atoms with Gasteiger partial charge in [-0.25, -0.2) is 9.97 Å². The second kappa shape index (κ2) is 5.25. The van der Waals surface area contributed by atoms with Crippen molar-refractivity contribution in [1.29, 1.82) is 0 Å². The number of anilines is 2. The van der Waals surface area contributed by atoms with E-state index >= 15 is 0 Å². The smallest absolute Gasteiger partial charge is 0.134 e. The zero-order valence-corrected chi connectivity index (χ0v) is 10.2. The highest BCUT2D eigenvalue weighted by molar-refractivity contribution is 7.85. The number of hydrogen-bond acceptors (Lipinski definition) is 5. The summed E-state index contributed by atoms with van der Waals surface area (Å²) in [5, 5.41) is 3.16. The van der Waals surface area contributed by atoms with Gasteiger partial charge in [0.25, 0.3) is 0 Å². The number of aromatic nitrogens is 2. The SMILES string of the molecule is CCNc1cc(N2CCS(=O)CC2)ncn1. The van der Waals surface area contributed by atoms with Crippen LogP contribution in [0.1, 0.15) is 6.92 Å². The van der Waals surface area contributed by atoms with E-state index in [0.29, 0.717) is 0 Å². The van der Waals surface area contributed by atoms with Crippen molar-refractivity contribution in [1.82, 2.24) is 9.97 Å². The summed E-state index contributed by atoms with van der Waals surface area (Å²) in [5.41, 5.74) is 0. The van der Waals surface area contributed by atoms with Crippen LogP contribution in [0.15, 0.2) is 12.4 Å². The van der Waals surface area contributed by atoms with Gasteiger partial charge in [-0.1, -0.05) is 0 Å². The quantitative estimate of drug-likeness (QED) is 0.832. The van der Waals surface area contributed by atoms with Crippen LogP contribution >= 0.6 is 0 Å². The molecule has 16 heavy (non-hydrogen) atoms. The van der Waals surface area contributed by atoms with Gasteiger partial charge in [-0.05, 0) is 6.92 Å². The van der Waals surface area contributed by atoms with Gasteiger partial charge in [-0.3, -0.25) is 4.21 Å². The van der Waals surface area contributed by atoms with Crippen molar-refractivity contribution in [2.45, 2.75) is 6.92 Å². The lowest BCUT2D eigenvalue weighted by molar-refractivity contribution is 0.672. The predicted octanol–water partition coefficient (Wildman–Crippen LogP) is 0.477. The normalized spacial score (nSPS) is 17.4. The fraction of sp³-hybridized carbons (Fsp3) is 0.600. The molecule has 1 aromatic heterocycles. The lowest BCUT2D eigenvalue weighted by atomic mass is 10.4. The van der Waals surface area contributed by atoms with Crippen molar-refractivity contribution in [2.75, 3.05) is 41.4 Å². The maximum atomic E-state index is 11.2. The van der Waals surface area contributed by atoms with E-state index in [-0.39, 0.29) is 0 Å². The monoisotopic (exact) mass is 240 g/mol. The molecule has 0 radical (unpaired) electrons. The van der Waals surface area contributed by atoms with E-state index in [1.165, 1.54) is 0 Å². The molecule has 0 aromatic carbocycles. The molecule has 0 aliphatic carbocycles. The Bertz CT molecular complexity index is 375. The highest BCUT2D eigenvalue weighted by Crippen LogP contribution is 2.15. The van der Waals surface area contributed by atoms with Crippen LogP contribution < -0.4 is 10.2 Å². The van der Waals surface area contributed by atoms with Gasteiger partial charge in [0.15, 0.2) is 0 Å². The molecule has 6 heteroatoms. The van der Waals surface area contributed by atoms with Gasteiger partial charge in [-0.15, -0.1) is 0 Å². The first-order valence-electron chi connectivity index (χ1n) is 5.45. The summed E-state index contributed by atoms with van der Waals surface area (Å²) in [6.07, 6.45) is 1.57. The molecule has 2 heterocycles.